The Hall–Kier alpha value is -4.31. The lowest BCUT2D eigenvalue weighted by molar-refractivity contribution is 0.0521. The molecular formula is C29H30N4O6. The number of pyridine rings is 2. The van der Waals surface area contributed by atoms with Gasteiger partial charge in [0.05, 0.1) is 36.8 Å². The molecule has 202 valence electrons. The van der Waals surface area contributed by atoms with Gasteiger partial charge in [0.2, 0.25) is 0 Å². The third-order valence-electron chi connectivity index (χ3n) is 6.64. The van der Waals surface area contributed by atoms with Gasteiger partial charge in [0.1, 0.15) is 22.6 Å². The maximum Gasteiger partial charge on any atom is 0.341 e. The lowest BCUT2D eigenvalue weighted by atomic mass is 10.1. The van der Waals surface area contributed by atoms with Crippen LogP contribution in [0.2, 0.25) is 0 Å². The number of fused-ring (bicyclic) bond motifs is 2. The summed E-state index contributed by atoms with van der Waals surface area (Å²) in [6.45, 7) is 6.71. The highest BCUT2D eigenvalue weighted by Gasteiger charge is 2.24. The molecule has 0 saturated carbocycles. The number of esters is 1. The molecule has 0 bridgehead atoms. The van der Waals surface area contributed by atoms with E-state index in [1.165, 1.54) is 10.5 Å². The van der Waals surface area contributed by atoms with Gasteiger partial charge in [-0.15, -0.1) is 0 Å². The first-order valence-electron chi connectivity index (χ1n) is 13.1. The number of nitrogens with zero attached hydrogens (tertiary/aromatic N) is 4. The zero-order valence-electron chi connectivity index (χ0n) is 22.2. The second-order valence-corrected chi connectivity index (χ2v) is 9.23. The maximum absolute atomic E-state index is 13.6. The van der Waals surface area contributed by atoms with Crippen molar-refractivity contribution in [2.75, 3.05) is 19.8 Å². The standard InChI is InChI=1S/C29H30N4O6/c1-4-37-23-13-7-6-12-20(23)27(34)31-26-22(29(36)38-5-2)16-21-25(33(26)17-19-11-9-15-39-19)30-24-18(3)10-8-14-32(24)28(21)35/h6-8,10,12-14,16,19H,4-5,9,11,15,17H2,1-3H3/t19-/m0/s1. The molecule has 1 amide bonds. The fourth-order valence-electron chi connectivity index (χ4n) is 4.81. The minimum atomic E-state index is -0.695. The second kappa shape index (κ2) is 11.2. The fourth-order valence-corrected chi connectivity index (χ4v) is 4.81. The number of amides is 1. The molecular weight excluding hydrogens is 500 g/mol. The Balaban J connectivity index is 1.87. The van der Waals surface area contributed by atoms with Crippen molar-refractivity contribution in [2.45, 2.75) is 46.3 Å². The Labute approximate surface area is 224 Å². The molecule has 10 heteroatoms. The van der Waals surface area contributed by atoms with Gasteiger partial charge in [0.15, 0.2) is 5.49 Å². The van der Waals surface area contributed by atoms with Crippen LogP contribution in [0.1, 0.15) is 53.0 Å². The molecule has 1 aromatic carbocycles. The van der Waals surface area contributed by atoms with Crippen molar-refractivity contribution < 1.29 is 23.8 Å². The minimum absolute atomic E-state index is 0.00362. The molecule has 1 atom stereocenters. The molecule has 0 radical (unpaired) electrons. The molecule has 5 rings (SSSR count). The molecule has 10 nitrogen and oxygen atoms in total. The summed E-state index contributed by atoms with van der Waals surface area (Å²) in [5, 5.41) is 0.209. The first kappa shape index (κ1) is 26.3. The Morgan fingerprint density at radius 2 is 1.92 bits per heavy atom. The molecule has 39 heavy (non-hydrogen) atoms. The molecule has 4 aromatic rings. The third-order valence-corrected chi connectivity index (χ3v) is 6.64. The molecule has 1 saturated heterocycles. The quantitative estimate of drug-likeness (QED) is 0.266. The van der Waals surface area contributed by atoms with Crippen LogP contribution in [0.15, 0.2) is 58.4 Å². The average Bonchev–Trinajstić information content (AvgIpc) is 3.44. The van der Waals surface area contributed by atoms with Crippen LogP contribution in [0, 0.1) is 6.92 Å². The summed E-state index contributed by atoms with van der Waals surface area (Å²) in [6.07, 6.45) is 3.10. The van der Waals surface area contributed by atoms with Crippen molar-refractivity contribution in [1.29, 1.82) is 0 Å². The molecule has 0 N–H and O–H groups in total. The van der Waals surface area contributed by atoms with Crippen LogP contribution in [0.4, 0.5) is 0 Å². The lowest BCUT2D eigenvalue weighted by Gasteiger charge is -2.18. The predicted octanol–water partition coefficient (Wildman–Crippen LogP) is 3.45. The van der Waals surface area contributed by atoms with Crippen LogP contribution in [0.5, 0.6) is 5.75 Å². The van der Waals surface area contributed by atoms with Crippen molar-refractivity contribution in [3.63, 3.8) is 0 Å². The van der Waals surface area contributed by atoms with E-state index < -0.39 is 11.9 Å². The second-order valence-electron chi connectivity index (χ2n) is 9.23. The van der Waals surface area contributed by atoms with Gasteiger partial charge >= 0.3 is 5.97 Å². The average molecular weight is 531 g/mol. The van der Waals surface area contributed by atoms with E-state index in [1.807, 2.05) is 19.9 Å². The smallest absolute Gasteiger partial charge is 0.341 e. The summed E-state index contributed by atoms with van der Waals surface area (Å²) in [7, 11) is 0. The fraction of sp³-hybridized carbons (Fsp3) is 0.345. The van der Waals surface area contributed by atoms with Crippen LogP contribution in [-0.4, -0.2) is 51.8 Å². The van der Waals surface area contributed by atoms with E-state index in [4.69, 9.17) is 19.2 Å². The van der Waals surface area contributed by atoms with E-state index in [-0.39, 0.29) is 46.8 Å². The zero-order chi connectivity index (χ0) is 27.5. The summed E-state index contributed by atoms with van der Waals surface area (Å²) in [4.78, 5) is 49.7. The van der Waals surface area contributed by atoms with Crippen molar-refractivity contribution >= 4 is 28.6 Å². The molecule has 0 unspecified atom stereocenters. The zero-order valence-corrected chi connectivity index (χ0v) is 22.2. The molecule has 0 spiro atoms. The number of ether oxygens (including phenoxy) is 3. The van der Waals surface area contributed by atoms with Crippen molar-refractivity contribution in [3.05, 3.63) is 81.2 Å². The van der Waals surface area contributed by atoms with Crippen LogP contribution in [-0.2, 0) is 16.0 Å². The maximum atomic E-state index is 13.6. The van der Waals surface area contributed by atoms with Crippen molar-refractivity contribution in [1.82, 2.24) is 14.0 Å². The number of aryl methyl sites for hydroxylation is 1. The summed E-state index contributed by atoms with van der Waals surface area (Å²) in [6, 6.07) is 11.8. The number of carbonyl (C=O) groups excluding carboxylic acids is 2. The van der Waals surface area contributed by atoms with Crippen LogP contribution in [0.3, 0.4) is 0 Å². The van der Waals surface area contributed by atoms with Gasteiger partial charge in [-0.3, -0.25) is 14.0 Å². The SMILES string of the molecule is CCOC(=O)c1cc2c(=O)n3cccc(C)c3nc2n(C[C@@H]2CCCO2)c1=NC(=O)c1ccccc1OCC. The number of benzene rings is 1. The van der Waals surface area contributed by atoms with Gasteiger partial charge in [-0.2, -0.15) is 4.99 Å². The van der Waals surface area contributed by atoms with Crippen LogP contribution >= 0.6 is 0 Å². The molecule has 1 aliphatic rings. The third kappa shape index (κ3) is 5.07. The van der Waals surface area contributed by atoms with Gasteiger partial charge in [0, 0.05) is 12.8 Å². The van der Waals surface area contributed by atoms with Gasteiger partial charge in [-0.05, 0) is 63.4 Å². The number of hydrogen-bond acceptors (Lipinski definition) is 7. The molecule has 3 aromatic heterocycles. The van der Waals surface area contributed by atoms with Gasteiger partial charge in [-0.1, -0.05) is 18.2 Å². The Morgan fingerprint density at radius 3 is 2.67 bits per heavy atom. The highest BCUT2D eigenvalue weighted by Crippen LogP contribution is 2.20. The highest BCUT2D eigenvalue weighted by atomic mass is 16.5. The van der Waals surface area contributed by atoms with E-state index in [9.17, 15) is 14.4 Å². The first-order chi connectivity index (χ1) is 18.9. The highest BCUT2D eigenvalue weighted by molar-refractivity contribution is 5.99. The van der Waals surface area contributed by atoms with E-state index in [0.29, 0.717) is 30.3 Å². The monoisotopic (exact) mass is 530 g/mol. The van der Waals surface area contributed by atoms with Gasteiger partial charge in [-0.25, -0.2) is 9.78 Å². The predicted molar refractivity (Wildman–Crippen MR) is 144 cm³/mol. The number of aromatic nitrogens is 3. The summed E-state index contributed by atoms with van der Waals surface area (Å²) < 4.78 is 20.0. The number of hydrogen-bond donors (Lipinski definition) is 0. The Bertz CT molecular complexity index is 1700. The molecule has 0 aliphatic carbocycles. The molecule has 1 aliphatic heterocycles. The Morgan fingerprint density at radius 1 is 1.10 bits per heavy atom. The summed E-state index contributed by atoms with van der Waals surface area (Å²) in [5.74, 6) is -0.909. The van der Waals surface area contributed by atoms with Crippen molar-refractivity contribution in [2.24, 2.45) is 4.99 Å². The number of rotatable bonds is 7. The largest absolute Gasteiger partial charge is 0.493 e. The molecule has 4 heterocycles. The normalized spacial score (nSPS) is 15.7. The van der Waals surface area contributed by atoms with E-state index in [2.05, 4.69) is 4.99 Å². The number of para-hydroxylation sites is 1. The van der Waals surface area contributed by atoms with Crippen LogP contribution < -0.4 is 15.8 Å². The van der Waals surface area contributed by atoms with E-state index in [1.54, 1.807) is 48.0 Å². The van der Waals surface area contributed by atoms with E-state index in [0.717, 1.165) is 18.4 Å². The lowest BCUT2D eigenvalue weighted by Crippen LogP contribution is -2.35. The van der Waals surface area contributed by atoms with Crippen LogP contribution in [0.25, 0.3) is 16.7 Å². The summed E-state index contributed by atoms with van der Waals surface area (Å²) in [5.41, 5.74) is 1.54. The van der Waals surface area contributed by atoms with E-state index >= 15 is 0 Å². The minimum Gasteiger partial charge on any atom is -0.493 e. The first-order valence-corrected chi connectivity index (χ1v) is 13.1. The van der Waals surface area contributed by atoms with Gasteiger partial charge in [0.25, 0.3) is 11.5 Å². The Kier molecular flexibility index (Phi) is 7.56. The topological polar surface area (TPSA) is 113 Å². The van der Waals surface area contributed by atoms with Crippen molar-refractivity contribution in [3.8, 4) is 5.75 Å². The number of carbonyl (C=O) groups is 2. The van der Waals surface area contributed by atoms with Gasteiger partial charge < -0.3 is 18.8 Å². The summed E-state index contributed by atoms with van der Waals surface area (Å²) >= 11 is 0. The molecule has 1 fully saturated rings.